The standard InChI is InChI=1S/C18H26N4O2/c1-3-14-16(18(20)24)17(19)22(21-14)15(12(2)23)11-7-10-13-8-5-4-6-9-13/h4-6,8-9,12,15,23H,3,7,10-11,19H2,1-2H3,(H2,20,24). The number of aryl methyl sites for hydroxylation is 2. The zero-order valence-corrected chi connectivity index (χ0v) is 14.3. The molecule has 0 aliphatic carbocycles. The summed E-state index contributed by atoms with van der Waals surface area (Å²) in [6.45, 7) is 3.61. The topological polar surface area (TPSA) is 107 Å². The Bertz CT molecular complexity index is 680. The van der Waals surface area contributed by atoms with Gasteiger partial charge in [-0.25, -0.2) is 4.68 Å². The van der Waals surface area contributed by atoms with Gasteiger partial charge in [-0.05, 0) is 38.2 Å². The smallest absolute Gasteiger partial charge is 0.254 e. The Balaban J connectivity index is 2.17. The first kappa shape index (κ1) is 18.0. The van der Waals surface area contributed by atoms with Crippen molar-refractivity contribution in [1.29, 1.82) is 0 Å². The second-order valence-electron chi connectivity index (χ2n) is 6.06. The molecule has 2 aromatic rings. The van der Waals surface area contributed by atoms with Crippen molar-refractivity contribution in [1.82, 2.24) is 9.78 Å². The lowest BCUT2D eigenvalue weighted by atomic mass is 10.0. The van der Waals surface area contributed by atoms with Gasteiger partial charge in [0.05, 0.1) is 17.8 Å². The van der Waals surface area contributed by atoms with Gasteiger partial charge in [-0.3, -0.25) is 4.79 Å². The minimum Gasteiger partial charge on any atom is -0.391 e. The molecule has 24 heavy (non-hydrogen) atoms. The summed E-state index contributed by atoms with van der Waals surface area (Å²) in [7, 11) is 0. The number of nitrogens with zero attached hydrogens (tertiary/aromatic N) is 2. The zero-order valence-electron chi connectivity index (χ0n) is 14.3. The van der Waals surface area contributed by atoms with Crippen LogP contribution in [0.3, 0.4) is 0 Å². The van der Waals surface area contributed by atoms with Crippen LogP contribution in [0.1, 0.15) is 54.3 Å². The Morgan fingerprint density at radius 3 is 2.50 bits per heavy atom. The van der Waals surface area contributed by atoms with Crippen molar-refractivity contribution in [2.45, 2.75) is 51.7 Å². The van der Waals surface area contributed by atoms with Gasteiger partial charge in [0, 0.05) is 0 Å². The minimum atomic E-state index is -0.631. The number of amides is 1. The van der Waals surface area contributed by atoms with Gasteiger partial charge in [-0.1, -0.05) is 37.3 Å². The first-order chi connectivity index (χ1) is 11.5. The molecule has 1 amide bonds. The largest absolute Gasteiger partial charge is 0.391 e. The molecule has 2 unspecified atom stereocenters. The van der Waals surface area contributed by atoms with E-state index in [2.05, 4.69) is 17.2 Å². The summed E-state index contributed by atoms with van der Waals surface area (Å²) in [4.78, 5) is 11.6. The van der Waals surface area contributed by atoms with Crippen LogP contribution < -0.4 is 11.5 Å². The maximum absolute atomic E-state index is 11.6. The van der Waals surface area contributed by atoms with Crippen LogP contribution in [0.5, 0.6) is 0 Å². The minimum absolute atomic E-state index is 0.241. The molecule has 0 spiro atoms. The maximum Gasteiger partial charge on any atom is 0.254 e. The van der Waals surface area contributed by atoms with Crippen LogP contribution in [0.4, 0.5) is 5.82 Å². The van der Waals surface area contributed by atoms with E-state index in [1.165, 1.54) is 5.56 Å². The van der Waals surface area contributed by atoms with Crippen LogP contribution in [0, 0.1) is 0 Å². The highest BCUT2D eigenvalue weighted by atomic mass is 16.3. The molecule has 0 aliphatic rings. The van der Waals surface area contributed by atoms with Gasteiger partial charge in [0.25, 0.3) is 5.91 Å². The highest BCUT2D eigenvalue weighted by molar-refractivity contribution is 5.98. The first-order valence-corrected chi connectivity index (χ1v) is 8.34. The Labute approximate surface area is 142 Å². The van der Waals surface area contributed by atoms with E-state index in [4.69, 9.17) is 11.5 Å². The summed E-state index contributed by atoms with van der Waals surface area (Å²) in [5, 5.41) is 14.6. The van der Waals surface area contributed by atoms with Crippen LogP contribution >= 0.6 is 0 Å². The Hall–Kier alpha value is -2.34. The van der Waals surface area contributed by atoms with Crippen LogP contribution in [-0.4, -0.2) is 26.9 Å². The van der Waals surface area contributed by atoms with E-state index in [9.17, 15) is 9.90 Å². The molecular weight excluding hydrogens is 304 g/mol. The van der Waals surface area contributed by atoms with Gasteiger partial charge in [0.1, 0.15) is 11.4 Å². The molecule has 0 saturated carbocycles. The van der Waals surface area contributed by atoms with Crippen molar-refractivity contribution in [2.24, 2.45) is 5.73 Å². The number of aliphatic hydroxyl groups excluding tert-OH is 1. The number of rotatable bonds is 8. The number of carbonyl (C=O) groups excluding carboxylic acids is 1. The SMILES string of the molecule is CCc1nn(C(CCCc2ccccc2)C(C)O)c(N)c1C(N)=O. The second kappa shape index (κ2) is 7.97. The lowest BCUT2D eigenvalue weighted by Crippen LogP contribution is -2.24. The van der Waals surface area contributed by atoms with Crippen molar-refractivity contribution in [2.75, 3.05) is 5.73 Å². The summed E-state index contributed by atoms with van der Waals surface area (Å²) in [6, 6.07) is 9.90. The molecule has 6 heteroatoms. The molecule has 0 fully saturated rings. The van der Waals surface area contributed by atoms with Gasteiger partial charge in [-0.15, -0.1) is 0 Å². The Kier molecular flexibility index (Phi) is 5.98. The highest BCUT2D eigenvalue weighted by Crippen LogP contribution is 2.26. The molecule has 6 nitrogen and oxygen atoms in total. The average Bonchev–Trinajstić information content (AvgIpc) is 2.88. The van der Waals surface area contributed by atoms with E-state index in [1.54, 1.807) is 11.6 Å². The normalized spacial score (nSPS) is 13.6. The van der Waals surface area contributed by atoms with E-state index in [-0.39, 0.29) is 17.4 Å². The zero-order chi connectivity index (χ0) is 17.7. The molecular formula is C18H26N4O2. The maximum atomic E-state index is 11.6. The third-order valence-corrected chi connectivity index (χ3v) is 4.28. The lowest BCUT2D eigenvalue weighted by molar-refractivity contribution is 0.0999. The quantitative estimate of drug-likeness (QED) is 0.688. The predicted molar refractivity (Wildman–Crippen MR) is 94.6 cm³/mol. The van der Waals surface area contributed by atoms with Crippen molar-refractivity contribution in [3.05, 3.63) is 47.2 Å². The molecule has 2 atom stereocenters. The van der Waals surface area contributed by atoms with Crippen LogP contribution in [-0.2, 0) is 12.8 Å². The third kappa shape index (κ3) is 3.94. The van der Waals surface area contributed by atoms with Gasteiger partial charge in [0.15, 0.2) is 0 Å². The van der Waals surface area contributed by atoms with Gasteiger partial charge < -0.3 is 16.6 Å². The summed E-state index contributed by atoms with van der Waals surface area (Å²) < 4.78 is 1.56. The molecule has 1 aromatic heterocycles. The lowest BCUT2D eigenvalue weighted by Gasteiger charge is -2.22. The fourth-order valence-corrected chi connectivity index (χ4v) is 2.99. The Morgan fingerprint density at radius 2 is 2.00 bits per heavy atom. The molecule has 130 valence electrons. The molecule has 0 aliphatic heterocycles. The summed E-state index contributed by atoms with van der Waals surface area (Å²) in [6.07, 6.45) is 2.43. The Morgan fingerprint density at radius 1 is 1.33 bits per heavy atom. The fraction of sp³-hybridized carbons (Fsp3) is 0.444. The number of aromatic nitrogens is 2. The van der Waals surface area contributed by atoms with Crippen LogP contribution in [0.25, 0.3) is 0 Å². The number of hydrogen-bond donors (Lipinski definition) is 3. The summed E-state index contributed by atoms with van der Waals surface area (Å²) >= 11 is 0. The van der Waals surface area contributed by atoms with E-state index in [1.807, 2.05) is 25.1 Å². The van der Waals surface area contributed by atoms with E-state index in [0.29, 0.717) is 18.5 Å². The van der Waals surface area contributed by atoms with Crippen molar-refractivity contribution >= 4 is 11.7 Å². The first-order valence-electron chi connectivity index (χ1n) is 8.34. The molecule has 5 N–H and O–H groups in total. The molecule has 2 rings (SSSR count). The van der Waals surface area contributed by atoms with Gasteiger partial charge in [-0.2, -0.15) is 5.10 Å². The number of carbonyl (C=O) groups is 1. The number of primary amides is 1. The average molecular weight is 330 g/mol. The monoisotopic (exact) mass is 330 g/mol. The molecule has 1 aromatic carbocycles. The molecule has 0 saturated heterocycles. The number of hydrogen-bond acceptors (Lipinski definition) is 4. The molecule has 1 heterocycles. The number of nitrogen functional groups attached to an aromatic ring is 1. The number of aliphatic hydroxyl groups is 1. The van der Waals surface area contributed by atoms with Gasteiger partial charge >= 0.3 is 0 Å². The fourth-order valence-electron chi connectivity index (χ4n) is 2.99. The number of nitrogens with two attached hydrogens (primary N) is 2. The van der Waals surface area contributed by atoms with Crippen LogP contribution in [0.15, 0.2) is 30.3 Å². The van der Waals surface area contributed by atoms with Crippen LogP contribution in [0.2, 0.25) is 0 Å². The number of anilines is 1. The van der Waals surface area contributed by atoms with E-state index < -0.39 is 12.0 Å². The molecule has 0 bridgehead atoms. The van der Waals surface area contributed by atoms with E-state index in [0.717, 1.165) is 12.8 Å². The number of benzene rings is 1. The van der Waals surface area contributed by atoms with Crippen molar-refractivity contribution in [3.8, 4) is 0 Å². The summed E-state index contributed by atoms with van der Waals surface area (Å²) in [5.74, 6) is -0.339. The highest BCUT2D eigenvalue weighted by Gasteiger charge is 2.26. The van der Waals surface area contributed by atoms with E-state index >= 15 is 0 Å². The molecule has 0 radical (unpaired) electrons. The van der Waals surface area contributed by atoms with Gasteiger partial charge in [0.2, 0.25) is 0 Å². The second-order valence-corrected chi connectivity index (χ2v) is 6.06. The summed E-state index contributed by atoms with van der Waals surface area (Å²) in [5.41, 5.74) is 13.6. The van der Waals surface area contributed by atoms with Crippen molar-refractivity contribution < 1.29 is 9.90 Å². The third-order valence-electron chi connectivity index (χ3n) is 4.28. The predicted octanol–water partition coefficient (Wildman–Crippen LogP) is 2.07. The van der Waals surface area contributed by atoms with Crippen molar-refractivity contribution in [3.63, 3.8) is 0 Å².